The van der Waals surface area contributed by atoms with Crippen molar-refractivity contribution in [2.75, 3.05) is 5.73 Å². The molecule has 0 atom stereocenters. The first-order valence-electron chi connectivity index (χ1n) is 6.50. The van der Waals surface area contributed by atoms with Crippen molar-refractivity contribution in [2.24, 2.45) is 0 Å². The number of pyridine rings is 2. The number of benzene rings is 1. The van der Waals surface area contributed by atoms with E-state index < -0.39 is 0 Å². The Hall–Kier alpha value is -1.94. The second kappa shape index (κ2) is 6.48. The highest BCUT2D eigenvalue weighted by Gasteiger charge is 2.05. The van der Waals surface area contributed by atoms with Crippen molar-refractivity contribution in [3.05, 3.63) is 53.3 Å². The molecule has 20 heavy (non-hydrogen) atoms. The Bertz CT molecular complexity index is 708. The minimum atomic E-state index is 0.700. The Balaban J connectivity index is 0.000000704. The van der Waals surface area contributed by atoms with Crippen LogP contribution in [0.5, 0.6) is 0 Å². The van der Waals surface area contributed by atoms with Crippen LogP contribution in [-0.4, -0.2) is 9.97 Å². The number of fused-ring (bicyclic) bond motifs is 1. The van der Waals surface area contributed by atoms with Crippen LogP contribution in [0.1, 0.15) is 13.8 Å². The van der Waals surface area contributed by atoms with Crippen molar-refractivity contribution in [1.29, 1.82) is 0 Å². The highest BCUT2D eigenvalue weighted by Crippen LogP contribution is 2.26. The van der Waals surface area contributed by atoms with Crippen LogP contribution in [0, 0.1) is 0 Å². The number of nitrogens with zero attached hydrogens (tertiary/aromatic N) is 2. The maximum atomic E-state index is 6.04. The smallest absolute Gasteiger partial charge is 0.0761 e. The van der Waals surface area contributed by atoms with Gasteiger partial charge in [0.05, 0.1) is 11.2 Å². The van der Waals surface area contributed by atoms with Crippen molar-refractivity contribution >= 4 is 32.5 Å². The summed E-state index contributed by atoms with van der Waals surface area (Å²) >= 11 is 3.42. The number of hydrogen-bond donors (Lipinski definition) is 1. The average Bonchev–Trinajstić information content (AvgIpc) is 2.50. The molecule has 102 valence electrons. The van der Waals surface area contributed by atoms with E-state index in [0.29, 0.717) is 5.69 Å². The molecule has 3 rings (SSSR count). The first kappa shape index (κ1) is 14.5. The van der Waals surface area contributed by atoms with Gasteiger partial charge in [0.15, 0.2) is 0 Å². The summed E-state index contributed by atoms with van der Waals surface area (Å²) in [6.07, 6.45) is 3.46. The van der Waals surface area contributed by atoms with Gasteiger partial charge in [-0.1, -0.05) is 41.9 Å². The van der Waals surface area contributed by atoms with Gasteiger partial charge in [-0.2, -0.15) is 0 Å². The Kier molecular flexibility index (Phi) is 4.69. The van der Waals surface area contributed by atoms with E-state index >= 15 is 0 Å². The van der Waals surface area contributed by atoms with Crippen LogP contribution in [0.2, 0.25) is 0 Å². The molecular weight excluding hydrogens is 314 g/mol. The molecule has 2 aromatic heterocycles. The molecular formula is C16H16BrN3. The van der Waals surface area contributed by atoms with Crippen molar-refractivity contribution in [3.63, 3.8) is 0 Å². The van der Waals surface area contributed by atoms with E-state index in [2.05, 4.69) is 25.9 Å². The predicted octanol–water partition coefficient (Wildman–Crippen LogP) is 4.67. The zero-order valence-electron chi connectivity index (χ0n) is 11.5. The van der Waals surface area contributed by atoms with Gasteiger partial charge in [-0.25, -0.2) is 4.98 Å². The van der Waals surface area contributed by atoms with Gasteiger partial charge < -0.3 is 5.73 Å². The third kappa shape index (κ3) is 2.96. The molecule has 0 fully saturated rings. The molecule has 0 radical (unpaired) electrons. The minimum absolute atomic E-state index is 0.700. The average molecular weight is 330 g/mol. The Morgan fingerprint density at radius 2 is 1.75 bits per heavy atom. The summed E-state index contributed by atoms with van der Waals surface area (Å²) in [6.45, 7) is 4.00. The number of halogens is 1. The van der Waals surface area contributed by atoms with Gasteiger partial charge in [-0.3, -0.25) is 4.98 Å². The van der Waals surface area contributed by atoms with Crippen LogP contribution in [0.3, 0.4) is 0 Å². The summed E-state index contributed by atoms with van der Waals surface area (Å²) < 4.78 is 1.05. The minimum Gasteiger partial charge on any atom is -0.398 e. The Labute approximate surface area is 127 Å². The van der Waals surface area contributed by atoms with E-state index in [4.69, 9.17) is 5.73 Å². The lowest BCUT2D eigenvalue weighted by atomic mass is 10.1. The molecule has 2 N–H and O–H groups in total. The van der Waals surface area contributed by atoms with Crippen LogP contribution in [0.15, 0.2) is 53.3 Å². The normalized spacial score (nSPS) is 9.95. The van der Waals surface area contributed by atoms with Crippen molar-refractivity contribution in [3.8, 4) is 11.3 Å². The van der Waals surface area contributed by atoms with Crippen LogP contribution in [0.4, 0.5) is 5.69 Å². The highest BCUT2D eigenvalue weighted by molar-refractivity contribution is 9.10. The number of nitrogen functional groups attached to an aromatic ring is 1. The third-order valence-corrected chi connectivity index (χ3v) is 3.31. The van der Waals surface area contributed by atoms with Crippen LogP contribution < -0.4 is 5.73 Å². The molecule has 0 saturated carbocycles. The summed E-state index contributed by atoms with van der Waals surface area (Å²) in [4.78, 5) is 8.66. The second-order valence-electron chi connectivity index (χ2n) is 4.00. The second-order valence-corrected chi connectivity index (χ2v) is 4.91. The van der Waals surface area contributed by atoms with E-state index in [1.165, 1.54) is 0 Å². The molecule has 0 bridgehead atoms. The summed E-state index contributed by atoms with van der Waals surface area (Å²) in [5.41, 5.74) is 9.52. The lowest BCUT2D eigenvalue weighted by Crippen LogP contribution is -1.93. The predicted molar refractivity (Wildman–Crippen MR) is 88.4 cm³/mol. The van der Waals surface area contributed by atoms with Gasteiger partial charge in [0.25, 0.3) is 0 Å². The van der Waals surface area contributed by atoms with E-state index in [1.54, 1.807) is 12.4 Å². The number of anilines is 1. The summed E-state index contributed by atoms with van der Waals surface area (Å²) in [7, 11) is 0. The van der Waals surface area contributed by atoms with Gasteiger partial charge in [-0.05, 0) is 24.3 Å². The monoisotopic (exact) mass is 329 g/mol. The number of rotatable bonds is 1. The lowest BCUT2D eigenvalue weighted by molar-refractivity contribution is 1.32. The third-order valence-electron chi connectivity index (χ3n) is 2.78. The van der Waals surface area contributed by atoms with Gasteiger partial charge in [0.2, 0.25) is 0 Å². The van der Waals surface area contributed by atoms with Crippen LogP contribution in [-0.2, 0) is 0 Å². The van der Waals surface area contributed by atoms with Gasteiger partial charge >= 0.3 is 0 Å². The fraction of sp³-hybridized carbons (Fsp3) is 0.125. The van der Waals surface area contributed by atoms with Gasteiger partial charge in [0.1, 0.15) is 0 Å². The zero-order valence-corrected chi connectivity index (χ0v) is 13.1. The summed E-state index contributed by atoms with van der Waals surface area (Å²) in [6, 6.07) is 11.8. The molecule has 0 amide bonds. The topological polar surface area (TPSA) is 51.8 Å². The quantitative estimate of drug-likeness (QED) is 0.705. The molecule has 0 aliphatic heterocycles. The maximum Gasteiger partial charge on any atom is 0.0761 e. The van der Waals surface area contributed by atoms with E-state index in [-0.39, 0.29) is 0 Å². The molecule has 0 unspecified atom stereocenters. The molecule has 3 nitrogen and oxygen atoms in total. The molecule has 1 aromatic carbocycles. The van der Waals surface area contributed by atoms with Gasteiger partial charge in [-0.15, -0.1) is 0 Å². The van der Waals surface area contributed by atoms with Crippen molar-refractivity contribution in [1.82, 2.24) is 9.97 Å². The number of nitrogens with two attached hydrogens (primary N) is 1. The Morgan fingerprint density at radius 1 is 1.05 bits per heavy atom. The fourth-order valence-corrected chi connectivity index (χ4v) is 2.13. The van der Waals surface area contributed by atoms with Crippen LogP contribution in [0.25, 0.3) is 22.2 Å². The standard InChI is InChI=1S/C14H10BrN3.C2H6/c15-10-3-1-9(2-4-10)14-7-12(16)11-8-17-6-5-13(11)18-14;1-2/h1-8H,(H2,16,18);1-2H3. The molecule has 2 heterocycles. The molecule has 4 heteroatoms. The van der Waals surface area contributed by atoms with Crippen LogP contribution >= 0.6 is 15.9 Å². The molecule has 0 saturated heterocycles. The molecule has 0 spiro atoms. The van der Waals surface area contributed by atoms with Crippen molar-refractivity contribution in [2.45, 2.75) is 13.8 Å². The van der Waals surface area contributed by atoms with Crippen molar-refractivity contribution < 1.29 is 0 Å². The summed E-state index contributed by atoms with van der Waals surface area (Å²) in [5.74, 6) is 0. The van der Waals surface area contributed by atoms with E-state index in [0.717, 1.165) is 26.6 Å². The first-order chi connectivity index (χ1) is 9.74. The SMILES string of the molecule is CC.Nc1cc(-c2ccc(Br)cc2)nc2ccncc12. The largest absolute Gasteiger partial charge is 0.398 e. The molecule has 0 aliphatic carbocycles. The number of hydrogen-bond acceptors (Lipinski definition) is 3. The zero-order chi connectivity index (χ0) is 14.5. The first-order valence-corrected chi connectivity index (χ1v) is 7.29. The fourth-order valence-electron chi connectivity index (χ4n) is 1.86. The highest BCUT2D eigenvalue weighted by atomic mass is 79.9. The van der Waals surface area contributed by atoms with E-state index in [9.17, 15) is 0 Å². The lowest BCUT2D eigenvalue weighted by Gasteiger charge is -2.06. The summed E-state index contributed by atoms with van der Waals surface area (Å²) in [5, 5.41) is 0.887. The number of aromatic nitrogens is 2. The molecule has 3 aromatic rings. The van der Waals surface area contributed by atoms with E-state index in [1.807, 2.05) is 50.2 Å². The van der Waals surface area contributed by atoms with Gasteiger partial charge in [0, 0.05) is 33.5 Å². The Morgan fingerprint density at radius 3 is 2.45 bits per heavy atom. The molecule has 0 aliphatic rings. The maximum absolute atomic E-state index is 6.04.